The number of hydrogen-bond donors (Lipinski definition) is 1. The summed E-state index contributed by atoms with van der Waals surface area (Å²) < 4.78 is 5.37. The van der Waals surface area contributed by atoms with Crippen molar-refractivity contribution < 1.29 is 9.84 Å². The summed E-state index contributed by atoms with van der Waals surface area (Å²) in [5.74, 6) is 1.73. The zero-order valence-electron chi connectivity index (χ0n) is 7.32. The van der Waals surface area contributed by atoms with Gasteiger partial charge in [-0.05, 0) is 30.5 Å². The monoisotopic (exact) mass is 196 g/mol. The van der Waals surface area contributed by atoms with Gasteiger partial charge in [-0.1, -0.05) is 17.8 Å². The van der Waals surface area contributed by atoms with E-state index in [0.717, 1.165) is 24.5 Å². The van der Waals surface area contributed by atoms with Crippen molar-refractivity contribution in [2.45, 2.75) is 17.7 Å². The molecule has 13 heavy (non-hydrogen) atoms. The summed E-state index contributed by atoms with van der Waals surface area (Å²) in [5, 5.41) is 8.69. The molecule has 0 amide bonds. The van der Waals surface area contributed by atoms with Crippen molar-refractivity contribution in [1.82, 2.24) is 0 Å². The van der Waals surface area contributed by atoms with E-state index in [4.69, 9.17) is 9.84 Å². The highest BCUT2D eigenvalue weighted by Gasteiger charge is 2.12. The van der Waals surface area contributed by atoms with Crippen LogP contribution in [0.1, 0.15) is 12.0 Å². The maximum atomic E-state index is 8.69. The SMILES string of the molecule is OCCCc1ccc2c(c1)SCO2. The number of hydrogen-bond acceptors (Lipinski definition) is 3. The van der Waals surface area contributed by atoms with E-state index in [1.54, 1.807) is 11.8 Å². The summed E-state index contributed by atoms with van der Waals surface area (Å²) in [4.78, 5) is 1.23. The Bertz CT molecular complexity index is 299. The smallest absolute Gasteiger partial charge is 0.138 e. The summed E-state index contributed by atoms with van der Waals surface area (Å²) in [6.45, 7) is 0.265. The molecule has 0 atom stereocenters. The molecule has 0 bridgehead atoms. The second-order valence-corrected chi connectivity index (χ2v) is 3.98. The molecule has 1 aromatic carbocycles. The second-order valence-electron chi connectivity index (χ2n) is 3.01. The van der Waals surface area contributed by atoms with Crippen molar-refractivity contribution in [3.8, 4) is 5.75 Å². The molecule has 2 rings (SSSR count). The number of aryl methyl sites for hydroxylation is 1. The average Bonchev–Trinajstić information content (AvgIpc) is 2.61. The largest absolute Gasteiger partial charge is 0.481 e. The molecule has 1 heterocycles. The van der Waals surface area contributed by atoms with Crippen LogP contribution >= 0.6 is 11.8 Å². The molecule has 3 heteroatoms. The molecule has 1 aromatic rings. The number of thioether (sulfide) groups is 1. The Balaban J connectivity index is 2.12. The molecule has 0 saturated heterocycles. The molecule has 0 spiro atoms. The van der Waals surface area contributed by atoms with Crippen molar-refractivity contribution in [3.63, 3.8) is 0 Å². The molecule has 0 unspecified atom stereocenters. The quantitative estimate of drug-likeness (QED) is 0.802. The van der Waals surface area contributed by atoms with Gasteiger partial charge in [0.15, 0.2) is 0 Å². The number of aliphatic hydroxyl groups excluding tert-OH is 1. The molecule has 0 saturated carbocycles. The van der Waals surface area contributed by atoms with Crippen LogP contribution in [0.4, 0.5) is 0 Å². The molecule has 1 aliphatic rings. The van der Waals surface area contributed by atoms with Crippen LogP contribution in [0.5, 0.6) is 5.75 Å². The normalized spacial score (nSPS) is 13.9. The van der Waals surface area contributed by atoms with Crippen LogP contribution in [-0.4, -0.2) is 17.7 Å². The molecule has 1 N–H and O–H groups in total. The predicted octanol–water partition coefficient (Wildman–Crippen LogP) is 2.05. The van der Waals surface area contributed by atoms with Gasteiger partial charge in [0.1, 0.15) is 11.7 Å². The van der Waals surface area contributed by atoms with Gasteiger partial charge < -0.3 is 9.84 Å². The van der Waals surface area contributed by atoms with Gasteiger partial charge in [0.05, 0.1) is 4.90 Å². The van der Waals surface area contributed by atoms with E-state index < -0.39 is 0 Å². The van der Waals surface area contributed by atoms with E-state index in [9.17, 15) is 0 Å². The van der Waals surface area contributed by atoms with Crippen LogP contribution in [0, 0.1) is 0 Å². The van der Waals surface area contributed by atoms with E-state index in [2.05, 4.69) is 12.1 Å². The fourth-order valence-corrected chi connectivity index (χ4v) is 2.20. The molecule has 1 aliphatic heterocycles. The van der Waals surface area contributed by atoms with Crippen molar-refractivity contribution >= 4 is 11.8 Å². The summed E-state index contributed by atoms with van der Waals surface area (Å²) in [6.07, 6.45) is 1.79. The van der Waals surface area contributed by atoms with E-state index in [1.807, 2.05) is 6.07 Å². The molecular weight excluding hydrogens is 184 g/mol. The van der Waals surface area contributed by atoms with Gasteiger partial charge >= 0.3 is 0 Å². The first-order valence-corrected chi connectivity index (χ1v) is 5.38. The Morgan fingerprint density at radius 1 is 1.46 bits per heavy atom. The zero-order chi connectivity index (χ0) is 9.10. The molecule has 0 fully saturated rings. The Labute approximate surface area is 81.9 Å². The highest BCUT2D eigenvalue weighted by Crippen LogP contribution is 2.36. The highest BCUT2D eigenvalue weighted by atomic mass is 32.2. The van der Waals surface area contributed by atoms with Crippen LogP contribution in [0.2, 0.25) is 0 Å². The summed E-state index contributed by atoms with van der Waals surface area (Å²) in [5.41, 5.74) is 1.28. The maximum absolute atomic E-state index is 8.69. The van der Waals surface area contributed by atoms with Crippen molar-refractivity contribution in [1.29, 1.82) is 0 Å². The lowest BCUT2D eigenvalue weighted by Crippen LogP contribution is -1.89. The van der Waals surface area contributed by atoms with Crippen LogP contribution in [-0.2, 0) is 6.42 Å². The maximum Gasteiger partial charge on any atom is 0.138 e. The summed E-state index contributed by atoms with van der Waals surface area (Å²) in [7, 11) is 0. The Morgan fingerprint density at radius 2 is 2.38 bits per heavy atom. The molecule has 2 nitrogen and oxygen atoms in total. The fraction of sp³-hybridized carbons (Fsp3) is 0.400. The third-order valence-corrected chi connectivity index (χ3v) is 2.93. The minimum absolute atomic E-state index is 0.265. The van der Waals surface area contributed by atoms with Crippen LogP contribution < -0.4 is 4.74 Å². The summed E-state index contributed by atoms with van der Waals surface area (Å²) in [6, 6.07) is 6.24. The van der Waals surface area contributed by atoms with E-state index in [-0.39, 0.29) is 6.61 Å². The number of aliphatic hydroxyl groups is 1. The first kappa shape index (κ1) is 8.91. The Kier molecular flexibility index (Phi) is 2.76. The van der Waals surface area contributed by atoms with Gasteiger partial charge in [-0.2, -0.15) is 0 Å². The molecular formula is C10H12O2S. The van der Waals surface area contributed by atoms with Gasteiger partial charge in [-0.25, -0.2) is 0 Å². The molecule has 0 radical (unpaired) electrons. The fourth-order valence-electron chi connectivity index (χ4n) is 1.38. The minimum atomic E-state index is 0.265. The molecule has 0 aromatic heterocycles. The van der Waals surface area contributed by atoms with Gasteiger partial charge in [0.2, 0.25) is 0 Å². The predicted molar refractivity (Wildman–Crippen MR) is 53.2 cm³/mol. The highest BCUT2D eigenvalue weighted by molar-refractivity contribution is 7.99. The van der Waals surface area contributed by atoms with E-state index in [1.165, 1.54) is 10.5 Å². The lowest BCUT2D eigenvalue weighted by molar-refractivity contribution is 0.288. The van der Waals surface area contributed by atoms with Gasteiger partial charge in [0, 0.05) is 6.61 Å². The number of ether oxygens (including phenoxy) is 1. The Hall–Kier alpha value is -0.670. The van der Waals surface area contributed by atoms with Crippen molar-refractivity contribution in [2.75, 3.05) is 12.5 Å². The molecule has 0 aliphatic carbocycles. The lowest BCUT2D eigenvalue weighted by Gasteiger charge is -2.01. The number of fused-ring (bicyclic) bond motifs is 1. The first-order chi connectivity index (χ1) is 6.40. The number of benzene rings is 1. The third-order valence-electron chi connectivity index (χ3n) is 2.06. The van der Waals surface area contributed by atoms with Gasteiger partial charge in [0.25, 0.3) is 0 Å². The minimum Gasteiger partial charge on any atom is -0.481 e. The van der Waals surface area contributed by atoms with E-state index >= 15 is 0 Å². The van der Waals surface area contributed by atoms with Crippen LogP contribution in [0.25, 0.3) is 0 Å². The van der Waals surface area contributed by atoms with Crippen molar-refractivity contribution in [3.05, 3.63) is 23.8 Å². The molecule has 70 valence electrons. The third kappa shape index (κ3) is 1.98. The Morgan fingerprint density at radius 3 is 3.23 bits per heavy atom. The van der Waals surface area contributed by atoms with Gasteiger partial charge in [-0.15, -0.1) is 0 Å². The van der Waals surface area contributed by atoms with Gasteiger partial charge in [-0.3, -0.25) is 0 Å². The number of rotatable bonds is 3. The zero-order valence-corrected chi connectivity index (χ0v) is 8.14. The average molecular weight is 196 g/mol. The summed E-state index contributed by atoms with van der Waals surface area (Å²) >= 11 is 1.73. The second kappa shape index (κ2) is 4.03. The van der Waals surface area contributed by atoms with Crippen LogP contribution in [0.3, 0.4) is 0 Å². The van der Waals surface area contributed by atoms with Crippen LogP contribution in [0.15, 0.2) is 23.1 Å². The topological polar surface area (TPSA) is 29.5 Å². The standard InChI is InChI=1S/C10H12O2S/c11-5-1-2-8-3-4-9-10(6-8)13-7-12-9/h3-4,6,11H,1-2,5,7H2. The van der Waals surface area contributed by atoms with E-state index in [0.29, 0.717) is 0 Å². The lowest BCUT2D eigenvalue weighted by atomic mass is 10.1. The van der Waals surface area contributed by atoms with Crippen molar-refractivity contribution in [2.24, 2.45) is 0 Å². The first-order valence-electron chi connectivity index (χ1n) is 4.39.